The number of benzene rings is 2. The van der Waals surface area contributed by atoms with E-state index >= 15 is 0 Å². The number of aliphatic hydroxyl groups excluding tert-OH is 1. The molecule has 4 N–H and O–H groups in total. The van der Waals surface area contributed by atoms with E-state index in [-0.39, 0.29) is 35.0 Å². The molecule has 0 amide bonds. The Morgan fingerprint density at radius 1 is 1.03 bits per heavy atom. The van der Waals surface area contributed by atoms with Gasteiger partial charge in [-0.15, -0.1) is 0 Å². The van der Waals surface area contributed by atoms with E-state index in [9.17, 15) is 20.4 Å². The van der Waals surface area contributed by atoms with Crippen molar-refractivity contribution >= 4 is 0 Å². The Labute approximate surface area is 168 Å². The molecular formula is C22H24O7. The summed E-state index contributed by atoms with van der Waals surface area (Å²) in [5, 5.41) is 44.1. The standard InChI is InChI=1S/C22H24O7/c1-10-8-13(24)17-18-19(10)29-20(3,4)15(25)9-27-22(18)11(2)21(17,26)16-12(23)6-5-7-14(16)28-22/h5-8,11,15,23-26H,9H2,1-4H3. The number of rotatable bonds is 0. The Hall–Kier alpha value is -2.48. The molecule has 0 saturated carbocycles. The minimum Gasteiger partial charge on any atom is -0.508 e. The van der Waals surface area contributed by atoms with Gasteiger partial charge in [0.15, 0.2) is 0 Å². The molecule has 1 spiro atoms. The third kappa shape index (κ3) is 2.02. The first kappa shape index (κ1) is 18.5. The Morgan fingerprint density at radius 2 is 1.76 bits per heavy atom. The van der Waals surface area contributed by atoms with Gasteiger partial charge in [-0.05, 0) is 44.5 Å². The number of phenols is 2. The zero-order valence-electron chi connectivity index (χ0n) is 16.7. The average molecular weight is 400 g/mol. The van der Waals surface area contributed by atoms with E-state index in [1.54, 1.807) is 39.8 Å². The number of hydrogen-bond donors (Lipinski definition) is 4. The molecule has 2 aromatic rings. The van der Waals surface area contributed by atoms with Crippen molar-refractivity contribution in [3.05, 3.63) is 46.5 Å². The van der Waals surface area contributed by atoms with Crippen LogP contribution in [0.4, 0.5) is 0 Å². The third-order valence-electron chi connectivity index (χ3n) is 6.64. The van der Waals surface area contributed by atoms with Gasteiger partial charge in [-0.1, -0.05) is 13.0 Å². The maximum Gasteiger partial charge on any atom is 0.247 e. The number of phenolic OH excluding ortho intramolecular Hbond substituents is 2. The van der Waals surface area contributed by atoms with Crippen LogP contribution in [0.5, 0.6) is 23.0 Å². The lowest BCUT2D eigenvalue weighted by molar-refractivity contribution is -0.272. The van der Waals surface area contributed by atoms with E-state index in [0.717, 1.165) is 0 Å². The maximum absolute atomic E-state index is 12.0. The van der Waals surface area contributed by atoms with Gasteiger partial charge in [0.05, 0.1) is 23.7 Å². The molecule has 0 aromatic heterocycles. The predicted octanol–water partition coefficient (Wildman–Crippen LogP) is 2.39. The summed E-state index contributed by atoms with van der Waals surface area (Å²) in [5.41, 5.74) is -1.38. The van der Waals surface area contributed by atoms with Gasteiger partial charge in [0.25, 0.3) is 0 Å². The van der Waals surface area contributed by atoms with Crippen molar-refractivity contribution in [2.75, 3.05) is 6.61 Å². The fourth-order valence-corrected chi connectivity index (χ4v) is 4.93. The fourth-order valence-electron chi connectivity index (χ4n) is 4.93. The van der Waals surface area contributed by atoms with Crippen LogP contribution >= 0.6 is 0 Å². The molecule has 154 valence electrons. The molecule has 0 fully saturated rings. The van der Waals surface area contributed by atoms with Crippen molar-refractivity contribution in [3.63, 3.8) is 0 Å². The van der Waals surface area contributed by atoms with Crippen LogP contribution in [0.1, 0.15) is 43.0 Å². The smallest absolute Gasteiger partial charge is 0.247 e. The van der Waals surface area contributed by atoms with Crippen LogP contribution in [-0.2, 0) is 16.1 Å². The zero-order valence-corrected chi connectivity index (χ0v) is 16.7. The molecule has 0 saturated heterocycles. The molecule has 1 aliphatic carbocycles. The Kier molecular flexibility index (Phi) is 3.42. The molecule has 4 atom stereocenters. The first-order chi connectivity index (χ1) is 13.5. The summed E-state index contributed by atoms with van der Waals surface area (Å²) >= 11 is 0. The highest BCUT2D eigenvalue weighted by molar-refractivity contribution is 5.69. The summed E-state index contributed by atoms with van der Waals surface area (Å²) in [4.78, 5) is 0. The first-order valence-corrected chi connectivity index (χ1v) is 9.66. The van der Waals surface area contributed by atoms with Crippen LogP contribution in [0.2, 0.25) is 0 Å². The summed E-state index contributed by atoms with van der Waals surface area (Å²) in [6.07, 6.45) is -0.961. The van der Waals surface area contributed by atoms with Gasteiger partial charge >= 0.3 is 0 Å². The minimum atomic E-state index is -1.77. The normalized spacial score (nSPS) is 33.6. The second-order valence-electron chi connectivity index (χ2n) is 8.73. The van der Waals surface area contributed by atoms with Crippen LogP contribution in [-0.4, -0.2) is 38.7 Å². The van der Waals surface area contributed by atoms with Crippen LogP contribution in [0.3, 0.4) is 0 Å². The molecule has 7 nitrogen and oxygen atoms in total. The largest absolute Gasteiger partial charge is 0.508 e. The number of aryl methyl sites for hydroxylation is 1. The Bertz CT molecular complexity index is 1050. The van der Waals surface area contributed by atoms with E-state index in [2.05, 4.69) is 0 Å². The quantitative estimate of drug-likeness (QED) is 0.538. The topological polar surface area (TPSA) is 109 Å². The van der Waals surface area contributed by atoms with Gasteiger partial charge in [-0.3, -0.25) is 0 Å². The van der Waals surface area contributed by atoms with Crippen molar-refractivity contribution < 1.29 is 34.6 Å². The van der Waals surface area contributed by atoms with E-state index < -0.39 is 29.0 Å². The predicted molar refractivity (Wildman–Crippen MR) is 102 cm³/mol. The van der Waals surface area contributed by atoms with Crippen molar-refractivity contribution in [2.24, 2.45) is 5.92 Å². The highest BCUT2D eigenvalue weighted by Crippen LogP contribution is 2.68. The van der Waals surface area contributed by atoms with Crippen LogP contribution in [0.15, 0.2) is 24.3 Å². The van der Waals surface area contributed by atoms with Crippen molar-refractivity contribution in [1.82, 2.24) is 0 Å². The molecule has 3 aliphatic rings. The van der Waals surface area contributed by atoms with Gasteiger partial charge < -0.3 is 34.6 Å². The zero-order chi connectivity index (χ0) is 20.9. The van der Waals surface area contributed by atoms with Crippen LogP contribution in [0, 0.1) is 12.8 Å². The molecule has 29 heavy (non-hydrogen) atoms. The van der Waals surface area contributed by atoms with E-state index in [1.807, 2.05) is 0 Å². The lowest BCUT2D eigenvalue weighted by atomic mass is 9.77. The van der Waals surface area contributed by atoms with E-state index in [0.29, 0.717) is 16.9 Å². The van der Waals surface area contributed by atoms with Crippen molar-refractivity contribution in [1.29, 1.82) is 0 Å². The van der Waals surface area contributed by atoms with Crippen LogP contribution in [0.25, 0.3) is 0 Å². The summed E-state index contributed by atoms with van der Waals surface area (Å²) in [7, 11) is 0. The van der Waals surface area contributed by atoms with Gasteiger partial charge in [-0.2, -0.15) is 0 Å². The van der Waals surface area contributed by atoms with Gasteiger partial charge in [0.1, 0.15) is 40.3 Å². The first-order valence-electron chi connectivity index (χ1n) is 9.66. The highest BCUT2D eigenvalue weighted by atomic mass is 16.7. The Balaban J connectivity index is 1.93. The van der Waals surface area contributed by atoms with Crippen molar-refractivity contribution in [3.8, 4) is 23.0 Å². The van der Waals surface area contributed by atoms with Gasteiger partial charge in [0, 0.05) is 5.56 Å². The number of ether oxygens (including phenoxy) is 3. The molecular weight excluding hydrogens is 376 g/mol. The number of hydrogen-bond acceptors (Lipinski definition) is 7. The van der Waals surface area contributed by atoms with E-state index in [1.165, 1.54) is 12.1 Å². The monoisotopic (exact) mass is 400 g/mol. The summed E-state index contributed by atoms with van der Waals surface area (Å²) in [6.45, 7) is 6.90. The summed E-state index contributed by atoms with van der Waals surface area (Å²) < 4.78 is 18.7. The molecule has 4 unspecified atom stereocenters. The molecule has 7 heteroatoms. The lowest BCUT2D eigenvalue weighted by Gasteiger charge is -2.46. The molecule has 5 rings (SSSR count). The molecule has 2 bridgehead atoms. The highest BCUT2D eigenvalue weighted by Gasteiger charge is 2.69. The second-order valence-corrected chi connectivity index (χ2v) is 8.73. The average Bonchev–Trinajstić information content (AvgIpc) is 2.76. The van der Waals surface area contributed by atoms with Gasteiger partial charge in [-0.25, -0.2) is 0 Å². The number of fused-ring (bicyclic) bond motifs is 4. The van der Waals surface area contributed by atoms with E-state index in [4.69, 9.17) is 14.2 Å². The third-order valence-corrected chi connectivity index (χ3v) is 6.64. The second kappa shape index (κ2) is 5.36. The SMILES string of the molecule is Cc1cc(O)c2c3c1OC(C)(C)C(O)COC31Oc3cccc(O)c3C2(O)C1C. The summed E-state index contributed by atoms with van der Waals surface area (Å²) in [6, 6.07) is 6.22. The Morgan fingerprint density at radius 3 is 2.48 bits per heavy atom. The van der Waals surface area contributed by atoms with Crippen LogP contribution < -0.4 is 9.47 Å². The van der Waals surface area contributed by atoms with Gasteiger partial charge in [0.2, 0.25) is 5.79 Å². The minimum absolute atomic E-state index is 0.102. The molecule has 2 aromatic carbocycles. The summed E-state index contributed by atoms with van der Waals surface area (Å²) in [5.74, 6) is -1.88. The van der Waals surface area contributed by atoms with Crippen molar-refractivity contribution in [2.45, 2.75) is 50.8 Å². The molecule has 0 radical (unpaired) electrons. The molecule has 2 aliphatic heterocycles. The number of aliphatic hydroxyl groups is 2. The fraction of sp³-hybridized carbons (Fsp3) is 0.455. The lowest BCUT2D eigenvalue weighted by Crippen LogP contribution is -2.54. The molecule has 2 heterocycles. The number of aromatic hydroxyl groups is 2. The maximum atomic E-state index is 12.0.